The van der Waals surface area contributed by atoms with Gasteiger partial charge in [0, 0.05) is 16.0 Å². The molecule has 5 heteroatoms. The Morgan fingerprint density at radius 2 is 1.76 bits per heavy atom. The smallest absolute Gasteiger partial charge is 0.229 e. The average Bonchev–Trinajstić information content (AvgIpc) is 2.59. The Morgan fingerprint density at radius 1 is 1.00 bits per heavy atom. The summed E-state index contributed by atoms with van der Waals surface area (Å²) in [5.41, 5.74) is 1.21. The maximum Gasteiger partial charge on any atom is 0.229 e. The van der Waals surface area contributed by atoms with Crippen molar-refractivity contribution in [2.75, 3.05) is 7.11 Å². The molecule has 0 aliphatic heterocycles. The van der Waals surface area contributed by atoms with Crippen LogP contribution < -0.4 is 9.16 Å². The molecule has 0 bridgehead atoms. The molecule has 0 N–H and O–H groups in total. The van der Waals surface area contributed by atoms with Gasteiger partial charge in [0.05, 0.1) is 7.11 Å². The summed E-state index contributed by atoms with van der Waals surface area (Å²) in [5, 5.41) is 1.85. The van der Waals surface area contributed by atoms with Gasteiger partial charge >= 0.3 is 0 Å². The van der Waals surface area contributed by atoms with E-state index < -0.39 is 9.04 Å². The molecule has 0 unspecified atom stereocenters. The lowest BCUT2D eigenvalue weighted by atomic mass is 10.1. The Labute approximate surface area is 153 Å². The summed E-state index contributed by atoms with van der Waals surface area (Å²) in [6.45, 7) is 4.26. The van der Waals surface area contributed by atoms with E-state index in [9.17, 15) is 4.39 Å². The zero-order valence-corrected chi connectivity index (χ0v) is 16.6. The molecule has 130 valence electrons. The monoisotopic (exact) mass is 372 g/mol. The molecule has 0 aliphatic carbocycles. The Balaban J connectivity index is 1.86. The third-order valence-corrected chi connectivity index (χ3v) is 5.55. The van der Waals surface area contributed by atoms with E-state index in [-0.39, 0.29) is 5.82 Å². The van der Waals surface area contributed by atoms with Gasteiger partial charge in [0.25, 0.3) is 0 Å². The van der Waals surface area contributed by atoms with Crippen LogP contribution in [0.2, 0.25) is 13.1 Å². The summed E-state index contributed by atoms with van der Waals surface area (Å²) < 4.78 is 24.9. The number of methoxy groups -OCH3 is 1. The van der Waals surface area contributed by atoms with Crippen LogP contribution in [0.3, 0.4) is 0 Å². The van der Waals surface area contributed by atoms with E-state index in [4.69, 9.17) is 9.16 Å². The van der Waals surface area contributed by atoms with Crippen LogP contribution in [0.25, 0.3) is 10.8 Å². The number of benzene rings is 3. The van der Waals surface area contributed by atoms with Gasteiger partial charge in [-0.3, -0.25) is 0 Å². The first-order valence-electron chi connectivity index (χ1n) is 8.21. The van der Waals surface area contributed by atoms with Crippen molar-refractivity contribution in [3.05, 3.63) is 66.0 Å². The third kappa shape index (κ3) is 4.55. The van der Waals surface area contributed by atoms with Crippen LogP contribution in [0, 0.1) is 5.82 Å². The number of hydrogen-bond acceptors (Lipinski definition) is 3. The summed E-state index contributed by atoms with van der Waals surface area (Å²) in [6, 6.07) is 17.0. The lowest BCUT2D eigenvalue weighted by molar-refractivity contribution is 0.414. The van der Waals surface area contributed by atoms with Gasteiger partial charge in [-0.15, -0.1) is 11.8 Å². The van der Waals surface area contributed by atoms with E-state index in [2.05, 4.69) is 31.3 Å². The molecule has 0 fully saturated rings. The van der Waals surface area contributed by atoms with E-state index >= 15 is 0 Å². The Hall–Kier alpha value is -1.98. The van der Waals surface area contributed by atoms with Crippen LogP contribution >= 0.6 is 11.8 Å². The molecule has 0 spiro atoms. The van der Waals surface area contributed by atoms with E-state index in [1.807, 2.05) is 18.2 Å². The predicted octanol–water partition coefficient (Wildman–Crippen LogP) is 5.64. The maximum atomic E-state index is 13.6. The summed E-state index contributed by atoms with van der Waals surface area (Å²) in [6.07, 6.45) is 0. The zero-order valence-electron chi connectivity index (χ0n) is 14.6. The molecule has 0 amide bonds. The molecular weight excluding hydrogens is 351 g/mol. The van der Waals surface area contributed by atoms with Crippen molar-refractivity contribution in [3.8, 4) is 11.5 Å². The highest BCUT2D eigenvalue weighted by molar-refractivity contribution is 7.98. The standard InChI is InChI=1S/C20H21FO2SSi/c1-22-17-7-4-14(5-8-17)13-24-18-11-15-10-16(21)6-9-19(15)20(12-18)23-25(2)3/h4-12,25H,13H2,1-3H3. The molecule has 0 radical (unpaired) electrons. The third-order valence-electron chi connectivity index (χ3n) is 3.78. The number of halogens is 1. The molecular formula is C20H21FO2SSi. The molecule has 0 aliphatic rings. The number of rotatable bonds is 6. The summed E-state index contributed by atoms with van der Waals surface area (Å²) in [5.74, 6) is 2.32. The molecule has 0 saturated heterocycles. The second kappa shape index (κ2) is 7.93. The number of fused-ring (bicyclic) bond motifs is 1. The average molecular weight is 373 g/mol. The van der Waals surface area contributed by atoms with Crippen molar-refractivity contribution in [2.24, 2.45) is 0 Å². The topological polar surface area (TPSA) is 18.5 Å². The highest BCUT2D eigenvalue weighted by atomic mass is 32.2. The van der Waals surface area contributed by atoms with Crippen LogP contribution in [0.1, 0.15) is 5.56 Å². The molecule has 0 aromatic heterocycles. The van der Waals surface area contributed by atoms with E-state index in [1.165, 1.54) is 11.6 Å². The van der Waals surface area contributed by atoms with Crippen molar-refractivity contribution in [1.82, 2.24) is 0 Å². The van der Waals surface area contributed by atoms with Crippen LogP contribution in [-0.4, -0.2) is 16.2 Å². The number of hydrogen-bond donors (Lipinski definition) is 0. The Kier molecular flexibility index (Phi) is 5.66. The molecule has 0 saturated carbocycles. The lowest BCUT2D eigenvalue weighted by Crippen LogP contribution is -2.11. The van der Waals surface area contributed by atoms with E-state index in [1.54, 1.807) is 31.0 Å². The van der Waals surface area contributed by atoms with Crippen molar-refractivity contribution < 1.29 is 13.6 Å². The van der Waals surface area contributed by atoms with Gasteiger partial charge < -0.3 is 9.16 Å². The van der Waals surface area contributed by atoms with Gasteiger partial charge in [-0.2, -0.15) is 0 Å². The van der Waals surface area contributed by atoms with Gasteiger partial charge in [0.1, 0.15) is 17.3 Å². The van der Waals surface area contributed by atoms with Crippen molar-refractivity contribution in [1.29, 1.82) is 0 Å². The first-order chi connectivity index (χ1) is 12.0. The first kappa shape index (κ1) is 17.8. The first-order valence-corrected chi connectivity index (χ1v) is 12.0. The number of ether oxygens (including phenoxy) is 1. The van der Waals surface area contributed by atoms with E-state index in [0.29, 0.717) is 0 Å². The summed E-state index contributed by atoms with van der Waals surface area (Å²) in [4.78, 5) is 1.08. The fraction of sp³-hybridized carbons (Fsp3) is 0.200. The number of thioether (sulfide) groups is 1. The lowest BCUT2D eigenvalue weighted by Gasteiger charge is -2.14. The maximum absolute atomic E-state index is 13.6. The molecule has 0 heterocycles. The van der Waals surface area contributed by atoms with Crippen LogP contribution in [0.15, 0.2) is 59.5 Å². The summed E-state index contributed by atoms with van der Waals surface area (Å²) in [7, 11) is 0.421. The Bertz CT molecular complexity index is 865. The van der Waals surface area contributed by atoms with Crippen molar-refractivity contribution in [2.45, 2.75) is 23.7 Å². The molecule has 3 aromatic carbocycles. The highest BCUT2D eigenvalue weighted by Gasteiger charge is 2.09. The largest absolute Gasteiger partial charge is 0.547 e. The van der Waals surface area contributed by atoms with Crippen molar-refractivity contribution in [3.63, 3.8) is 0 Å². The minimum atomic E-state index is -1.24. The second-order valence-electron chi connectivity index (χ2n) is 6.09. The van der Waals surface area contributed by atoms with Crippen LogP contribution in [0.4, 0.5) is 4.39 Å². The Morgan fingerprint density at radius 3 is 2.44 bits per heavy atom. The van der Waals surface area contributed by atoms with Crippen LogP contribution in [0.5, 0.6) is 11.5 Å². The fourth-order valence-corrected chi connectivity index (χ4v) is 4.23. The molecule has 3 rings (SSSR count). The SMILES string of the molecule is COc1ccc(CSc2cc(O[SiH](C)C)c3ccc(F)cc3c2)cc1. The zero-order chi connectivity index (χ0) is 17.8. The minimum absolute atomic E-state index is 0.224. The molecule has 25 heavy (non-hydrogen) atoms. The molecule has 0 atom stereocenters. The minimum Gasteiger partial charge on any atom is -0.547 e. The highest BCUT2D eigenvalue weighted by Crippen LogP contribution is 2.34. The van der Waals surface area contributed by atoms with E-state index in [0.717, 1.165) is 32.9 Å². The fourth-order valence-electron chi connectivity index (χ4n) is 2.60. The van der Waals surface area contributed by atoms with Gasteiger partial charge in [-0.05, 0) is 66.5 Å². The molecule has 2 nitrogen and oxygen atoms in total. The van der Waals surface area contributed by atoms with Gasteiger partial charge in [0.2, 0.25) is 9.04 Å². The van der Waals surface area contributed by atoms with Crippen molar-refractivity contribution >= 4 is 31.6 Å². The van der Waals surface area contributed by atoms with Gasteiger partial charge in [-0.1, -0.05) is 12.1 Å². The molecule has 3 aromatic rings. The quantitative estimate of drug-likeness (QED) is 0.412. The van der Waals surface area contributed by atoms with Crippen LogP contribution in [-0.2, 0) is 5.75 Å². The predicted molar refractivity (Wildman–Crippen MR) is 106 cm³/mol. The van der Waals surface area contributed by atoms with Gasteiger partial charge in [-0.25, -0.2) is 4.39 Å². The van der Waals surface area contributed by atoms with Gasteiger partial charge in [0.15, 0.2) is 0 Å². The second-order valence-corrected chi connectivity index (χ2v) is 9.47. The summed E-state index contributed by atoms with van der Waals surface area (Å²) >= 11 is 1.72. The normalized spacial score (nSPS) is 11.1.